The molecule has 0 radical (unpaired) electrons. The molecule has 2 aliphatic carbocycles. The summed E-state index contributed by atoms with van der Waals surface area (Å²) >= 11 is 3.46. The van der Waals surface area contributed by atoms with Crippen molar-refractivity contribution in [3.8, 4) is 0 Å². The number of halogens is 1. The Bertz CT molecular complexity index is 599. The van der Waals surface area contributed by atoms with Gasteiger partial charge in [0.2, 0.25) is 11.8 Å². The first kappa shape index (κ1) is 12.6. The van der Waals surface area contributed by atoms with Gasteiger partial charge in [-0.1, -0.05) is 15.9 Å². The van der Waals surface area contributed by atoms with E-state index in [1.807, 2.05) is 25.1 Å². The maximum absolute atomic E-state index is 12.7. The van der Waals surface area contributed by atoms with Crippen molar-refractivity contribution in [3.05, 3.63) is 28.2 Å². The van der Waals surface area contributed by atoms with Crippen LogP contribution >= 0.6 is 15.9 Å². The van der Waals surface area contributed by atoms with Gasteiger partial charge in [0.05, 0.1) is 17.5 Å². The molecular formula is C16H16BrNO2. The Morgan fingerprint density at radius 3 is 2.25 bits per heavy atom. The zero-order chi connectivity index (χ0) is 14.0. The molecule has 0 N–H and O–H groups in total. The fraction of sp³-hybridized carbons (Fsp3) is 0.500. The first-order chi connectivity index (χ1) is 9.58. The van der Waals surface area contributed by atoms with E-state index in [-0.39, 0.29) is 23.7 Å². The third-order valence-electron chi connectivity index (χ3n) is 5.33. The molecule has 2 amide bonds. The van der Waals surface area contributed by atoms with Crippen LogP contribution in [0.25, 0.3) is 0 Å². The van der Waals surface area contributed by atoms with Gasteiger partial charge in [-0.25, -0.2) is 0 Å². The van der Waals surface area contributed by atoms with Gasteiger partial charge >= 0.3 is 0 Å². The normalized spacial score (nSPS) is 35.0. The Balaban J connectivity index is 1.74. The fourth-order valence-electron chi connectivity index (χ4n) is 4.43. The SMILES string of the molecule is Cc1cc(N2C(=O)C3C4CCC(C4)C3C2=O)ccc1Br. The molecule has 2 saturated carbocycles. The van der Waals surface area contributed by atoms with Gasteiger partial charge in [-0.2, -0.15) is 0 Å². The standard InChI is InChI=1S/C16H16BrNO2/c1-8-6-11(4-5-12(8)17)18-15(19)13-9-2-3-10(7-9)14(13)16(18)20/h4-6,9-10,13-14H,2-3,7H2,1H3. The van der Waals surface area contributed by atoms with Crippen LogP contribution in [0.4, 0.5) is 5.69 Å². The number of hydrogen-bond donors (Lipinski definition) is 0. The van der Waals surface area contributed by atoms with Crippen molar-refractivity contribution in [3.63, 3.8) is 0 Å². The van der Waals surface area contributed by atoms with Gasteiger partial charge in [-0.3, -0.25) is 14.5 Å². The summed E-state index contributed by atoms with van der Waals surface area (Å²) in [5.41, 5.74) is 1.78. The van der Waals surface area contributed by atoms with Crippen molar-refractivity contribution in [2.75, 3.05) is 4.90 Å². The lowest BCUT2D eigenvalue weighted by Crippen LogP contribution is -2.32. The smallest absolute Gasteiger partial charge is 0.237 e. The number of nitrogens with zero attached hydrogens (tertiary/aromatic N) is 1. The van der Waals surface area contributed by atoms with Gasteiger partial charge in [0.1, 0.15) is 0 Å². The molecule has 3 fully saturated rings. The Hall–Kier alpha value is -1.16. The van der Waals surface area contributed by atoms with Gasteiger partial charge in [-0.15, -0.1) is 0 Å². The molecule has 2 bridgehead atoms. The summed E-state index contributed by atoms with van der Waals surface area (Å²) in [6.45, 7) is 1.98. The van der Waals surface area contributed by atoms with E-state index in [0.29, 0.717) is 11.8 Å². The van der Waals surface area contributed by atoms with Crippen LogP contribution in [0.2, 0.25) is 0 Å². The van der Waals surface area contributed by atoms with Gasteiger partial charge < -0.3 is 0 Å². The van der Waals surface area contributed by atoms with Crippen molar-refractivity contribution < 1.29 is 9.59 Å². The average Bonchev–Trinajstić information content (AvgIpc) is 3.08. The van der Waals surface area contributed by atoms with E-state index in [9.17, 15) is 9.59 Å². The minimum atomic E-state index is -0.0368. The molecule has 104 valence electrons. The lowest BCUT2D eigenvalue weighted by Gasteiger charge is -2.19. The molecule has 4 unspecified atom stereocenters. The van der Waals surface area contributed by atoms with Gasteiger partial charge in [0.25, 0.3) is 0 Å². The lowest BCUT2D eigenvalue weighted by molar-refractivity contribution is -0.123. The van der Waals surface area contributed by atoms with Crippen LogP contribution in [0.15, 0.2) is 22.7 Å². The number of hydrogen-bond acceptors (Lipinski definition) is 2. The molecule has 1 saturated heterocycles. The van der Waals surface area contributed by atoms with Crippen LogP contribution in [-0.4, -0.2) is 11.8 Å². The molecule has 3 aliphatic rings. The summed E-state index contributed by atoms with van der Waals surface area (Å²) in [7, 11) is 0. The molecule has 0 aromatic heterocycles. The Kier molecular flexibility index (Phi) is 2.62. The molecule has 20 heavy (non-hydrogen) atoms. The van der Waals surface area contributed by atoms with Crippen LogP contribution in [0.5, 0.6) is 0 Å². The quantitative estimate of drug-likeness (QED) is 0.739. The topological polar surface area (TPSA) is 37.4 Å². The molecule has 4 rings (SSSR count). The summed E-state index contributed by atoms with van der Waals surface area (Å²) in [6.07, 6.45) is 3.33. The summed E-state index contributed by atoms with van der Waals surface area (Å²) in [4.78, 5) is 26.8. The van der Waals surface area contributed by atoms with Crippen molar-refractivity contribution in [1.82, 2.24) is 0 Å². The highest BCUT2D eigenvalue weighted by atomic mass is 79.9. The van der Waals surface area contributed by atoms with Crippen LogP contribution in [0.1, 0.15) is 24.8 Å². The minimum absolute atomic E-state index is 0.0360. The molecule has 1 aromatic rings. The number of carbonyl (C=O) groups is 2. The van der Waals surface area contributed by atoms with Crippen molar-refractivity contribution in [1.29, 1.82) is 0 Å². The van der Waals surface area contributed by atoms with Crippen LogP contribution in [0, 0.1) is 30.6 Å². The summed E-state index contributed by atoms with van der Waals surface area (Å²) in [6, 6.07) is 5.69. The first-order valence-electron chi connectivity index (χ1n) is 7.22. The molecule has 4 heteroatoms. The number of benzene rings is 1. The third kappa shape index (κ3) is 1.51. The summed E-state index contributed by atoms with van der Waals surface area (Å²) in [5, 5.41) is 0. The van der Waals surface area contributed by atoms with E-state index in [4.69, 9.17) is 0 Å². The second-order valence-corrected chi connectivity index (χ2v) is 7.18. The Labute approximate surface area is 126 Å². The van der Waals surface area contributed by atoms with Crippen LogP contribution in [0.3, 0.4) is 0 Å². The van der Waals surface area contributed by atoms with Gasteiger partial charge in [-0.05, 0) is 61.8 Å². The number of anilines is 1. The Morgan fingerprint density at radius 1 is 1.10 bits per heavy atom. The van der Waals surface area contributed by atoms with Crippen molar-refractivity contribution >= 4 is 33.4 Å². The second-order valence-electron chi connectivity index (χ2n) is 6.33. The first-order valence-corrected chi connectivity index (χ1v) is 8.01. The predicted molar refractivity (Wildman–Crippen MR) is 79.2 cm³/mol. The largest absolute Gasteiger partial charge is 0.274 e. The highest BCUT2D eigenvalue weighted by molar-refractivity contribution is 9.10. The molecule has 3 nitrogen and oxygen atoms in total. The fourth-order valence-corrected chi connectivity index (χ4v) is 4.68. The number of carbonyl (C=O) groups excluding carboxylic acids is 2. The summed E-state index contributed by atoms with van der Waals surface area (Å²) in [5.74, 6) is 0.893. The minimum Gasteiger partial charge on any atom is -0.274 e. The molecule has 1 heterocycles. The van der Waals surface area contributed by atoms with E-state index in [1.54, 1.807) is 0 Å². The predicted octanol–water partition coefficient (Wildman–Crippen LogP) is 3.29. The van der Waals surface area contributed by atoms with Gasteiger partial charge in [0, 0.05) is 4.47 Å². The maximum Gasteiger partial charge on any atom is 0.237 e. The highest BCUT2D eigenvalue weighted by Crippen LogP contribution is 2.56. The van der Waals surface area contributed by atoms with Crippen LogP contribution in [-0.2, 0) is 9.59 Å². The van der Waals surface area contributed by atoms with Gasteiger partial charge in [0.15, 0.2) is 0 Å². The molecule has 4 atom stereocenters. The van der Waals surface area contributed by atoms with E-state index in [2.05, 4.69) is 15.9 Å². The highest BCUT2D eigenvalue weighted by Gasteiger charge is 2.61. The maximum atomic E-state index is 12.7. The number of amides is 2. The zero-order valence-corrected chi connectivity index (χ0v) is 12.9. The number of fused-ring (bicyclic) bond motifs is 5. The molecule has 1 aliphatic heterocycles. The molecule has 0 spiro atoms. The molecular weight excluding hydrogens is 318 g/mol. The molecule has 1 aromatic carbocycles. The van der Waals surface area contributed by atoms with E-state index < -0.39 is 0 Å². The van der Waals surface area contributed by atoms with E-state index >= 15 is 0 Å². The number of rotatable bonds is 1. The monoisotopic (exact) mass is 333 g/mol. The lowest BCUT2D eigenvalue weighted by atomic mass is 9.81. The Morgan fingerprint density at radius 2 is 1.70 bits per heavy atom. The van der Waals surface area contributed by atoms with Crippen molar-refractivity contribution in [2.45, 2.75) is 26.2 Å². The van der Waals surface area contributed by atoms with Crippen LogP contribution < -0.4 is 4.90 Å². The number of aryl methyl sites for hydroxylation is 1. The number of imide groups is 1. The van der Waals surface area contributed by atoms with Crippen molar-refractivity contribution in [2.24, 2.45) is 23.7 Å². The average molecular weight is 334 g/mol. The second kappa shape index (κ2) is 4.17. The van der Waals surface area contributed by atoms with E-state index in [0.717, 1.165) is 35.0 Å². The third-order valence-corrected chi connectivity index (χ3v) is 6.22. The van der Waals surface area contributed by atoms with E-state index in [1.165, 1.54) is 4.90 Å². The zero-order valence-electron chi connectivity index (χ0n) is 11.3. The summed E-state index contributed by atoms with van der Waals surface area (Å²) < 4.78 is 1.00.